The third-order valence-electron chi connectivity index (χ3n) is 3.51. The van der Waals surface area contributed by atoms with E-state index in [4.69, 9.17) is 11.1 Å². The minimum absolute atomic E-state index is 0.00555. The minimum Gasteiger partial charge on any atom is -0.384 e. The first-order chi connectivity index (χ1) is 11.1. The minimum atomic E-state index is -0.443. The van der Waals surface area contributed by atoms with Gasteiger partial charge in [0.2, 0.25) is 0 Å². The predicted molar refractivity (Wildman–Crippen MR) is 88.0 cm³/mol. The Balaban J connectivity index is 1.90. The number of amidine groups is 1. The van der Waals surface area contributed by atoms with Crippen LogP contribution in [0.4, 0.5) is 5.69 Å². The number of amides is 2. The summed E-state index contributed by atoms with van der Waals surface area (Å²) in [7, 11) is 0. The van der Waals surface area contributed by atoms with Gasteiger partial charge >= 0.3 is 0 Å². The molecule has 1 heterocycles. The molecule has 6 nitrogen and oxygen atoms in total. The molecule has 2 aromatic rings. The Morgan fingerprint density at radius 3 is 2.30 bits per heavy atom. The molecule has 0 saturated heterocycles. The van der Waals surface area contributed by atoms with Crippen molar-refractivity contribution in [3.05, 3.63) is 71.4 Å². The van der Waals surface area contributed by atoms with Crippen LogP contribution in [0.25, 0.3) is 5.57 Å². The Morgan fingerprint density at radius 1 is 1.00 bits per heavy atom. The van der Waals surface area contributed by atoms with Crippen molar-refractivity contribution in [2.75, 3.05) is 5.32 Å². The zero-order valence-electron chi connectivity index (χ0n) is 12.1. The molecule has 0 radical (unpaired) electrons. The number of benzene rings is 2. The second kappa shape index (κ2) is 5.76. The van der Waals surface area contributed by atoms with Gasteiger partial charge in [0.05, 0.1) is 5.57 Å². The van der Waals surface area contributed by atoms with Gasteiger partial charge in [-0.05, 0) is 30.3 Å². The van der Waals surface area contributed by atoms with Gasteiger partial charge in [-0.1, -0.05) is 18.2 Å². The number of carbonyl (C=O) groups excluding carboxylic acids is 2. The standard InChI is InChI=1S/C17H14N4O2/c18-15(19)10-5-7-11(8-6-10)20-9-14-12-3-1-2-4-13(12)16(22)21-17(14)23/h1-9,20H,(H3,18,19)(H,21,22,23). The van der Waals surface area contributed by atoms with Crippen LogP contribution in [-0.4, -0.2) is 17.6 Å². The Hall–Kier alpha value is -3.41. The summed E-state index contributed by atoms with van der Waals surface area (Å²) in [6.45, 7) is 0. The number of rotatable bonds is 3. The SMILES string of the molecule is N=C(N)c1ccc(NC=C2C(=O)NC(=O)c3ccccc32)cc1. The van der Waals surface area contributed by atoms with Crippen LogP contribution in [0, 0.1) is 5.41 Å². The fourth-order valence-corrected chi connectivity index (χ4v) is 2.32. The van der Waals surface area contributed by atoms with E-state index < -0.39 is 11.8 Å². The number of hydrogen-bond acceptors (Lipinski definition) is 4. The fourth-order valence-electron chi connectivity index (χ4n) is 2.32. The zero-order valence-corrected chi connectivity index (χ0v) is 12.1. The van der Waals surface area contributed by atoms with Crippen molar-refractivity contribution in [1.29, 1.82) is 5.41 Å². The third-order valence-corrected chi connectivity index (χ3v) is 3.51. The zero-order chi connectivity index (χ0) is 16.4. The molecule has 0 aromatic heterocycles. The normalized spacial score (nSPS) is 15.0. The van der Waals surface area contributed by atoms with Crippen molar-refractivity contribution in [3.8, 4) is 0 Å². The van der Waals surface area contributed by atoms with Crippen LogP contribution in [0.15, 0.2) is 54.7 Å². The second-order valence-electron chi connectivity index (χ2n) is 5.02. The average molecular weight is 306 g/mol. The van der Waals surface area contributed by atoms with E-state index in [0.29, 0.717) is 22.3 Å². The molecule has 5 N–H and O–H groups in total. The number of nitrogens with one attached hydrogen (secondary N) is 3. The number of anilines is 1. The lowest BCUT2D eigenvalue weighted by atomic mass is 9.96. The molecule has 0 bridgehead atoms. The van der Waals surface area contributed by atoms with Crippen LogP contribution in [0.1, 0.15) is 21.5 Å². The molecule has 0 saturated carbocycles. The van der Waals surface area contributed by atoms with E-state index in [-0.39, 0.29) is 5.84 Å². The summed E-state index contributed by atoms with van der Waals surface area (Å²) < 4.78 is 0. The van der Waals surface area contributed by atoms with Crippen molar-refractivity contribution in [2.24, 2.45) is 5.73 Å². The first-order valence-corrected chi connectivity index (χ1v) is 6.92. The highest BCUT2D eigenvalue weighted by Crippen LogP contribution is 2.24. The third kappa shape index (κ3) is 2.82. The molecular formula is C17H14N4O2. The van der Waals surface area contributed by atoms with Gasteiger partial charge < -0.3 is 11.1 Å². The topological polar surface area (TPSA) is 108 Å². The monoisotopic (exact) mass is 306 g/mol. The lowest BCUT2D eigenvalue weighted by Gasteiger charge is -2.18. The largest absolute Gasteiger partial charge is 0.384 e. The van der Waals surface area contributed by atoms with Crippen LogP contribution < -0.4 is 16.4 Å². The van der Waals surface area contributed by atoms with Crippen molar-refractivity contribution in [3.63, 3.8) is 0 Å². The van der Waals surface area contributed by atoms with Gasteiger partial charge in [-0.2, -0.15) is 0 Å². The van der Waals surface area contributed by atoms with Gasteiger partial charge in [-0.25, -0.2) is 0 Å². The van der Waals surface area contributed by atoms with Gasteiger partial charge in [-0.3, -0.25) is 20.3 Å². The summed E-state index contributed by atoms with van der Waals surface area (Å²) in [4.78, 5) is 23.9. The van der Waals surface area contributed by atoms with E-state index >= 15 is 0 Å². The van der Waals surface area contributed by atoms with Crippen LogP contribution >= 0.6 is 0 Å². The average Bonchev–Trinajstić information content (AvgIpc) is 2.55. The molecule has 1 aliphatic heterocycles. The quantitative estimate of drug-likeness (QED) is 0.299. The maximum absolute atomic E-state index is 12.0. The van der Waals surface area contributed by atoms with Crippen LogP contribution in [0.5, 0.6) is 0 Å². The van der Waals surface area contributed by atoms with Gasteiger partial charge in [0.15, 0.2) is 0 Å². The summed E-state index contributed by atoms with van der Waals surface area (Å²) in [5.41, 5.74) is 8.21. The van der Waals surface area contributed by atoms with Crippen molar-refractivity contribution in [2.45, 2.75) is 0 Å². The maximum atomic E-state index is 12.0. The van der Waals surface area contributed by atoms with Crippen molar-refractivity contribution >= 4 is 28.9 Å². The molecule has 1 aliphatic rings. The maximum Gasteiger partial charge on any atom is 0.260 e. The molecule has 0 aliphatic carbocycles. The lowest BCUT2D eigenvalue weighted by molar-refractivity contribution is -0.114. The van der Waals surface area contributed by atoms with Crippen LogP contribution in [0.2, 0.25) is 0 Å². The highest BCUT2D eigenvalue weighted by Gasteiger charge is 2.26. The van der Waals surface area contributed by atoms with Gasteiger partial charge in [0.25, 0.3) is 11.8 Å². The fraction of sp³-hybridized carbons (Fsp3) is 0. The Kier molecular flexibility index (Phi) is 3.64. The first-order valence-electron chi connectivity index (χ1n) is 6.92. The number of hydrogen-bond donors (Lipinski definition) is 4. The van der Waals surface area contributed by atoms with E-state index in [1.807, 2.05) is 0 Å². The number of fused-ring (bicyclic) bond motifs is 1. The van der Waals surface area contributed by atoms with Crippen molar-refractivity contribution < 1.29 is 9.59 Å². The number of carbonyl (C=O) groups is 2. The molecule has 3 rings (SSSR count). The molecular weight excluding hydrogens is 292 g/mol. The number of imide groups is 1. The Bertz CT molecular complexity index is 838. The summed E-state index contributed by atoms with van der Waals surface area (Å²) in [5, 5.41) is 12.7. The summed E-state index contributed by atoms with van der Waals surface area (Å²) in [5.74, 6) is -0.843. The van der Waals surface area contributed by atoms with E-state index in [2.05, 4.69) is 10.6 Å². The molecule has 0 unspecified atom stereocenters. The molecule has 23 heavy (non-hydrogen) atoms. The molecule has 2 amide bonds. The highest BCUT2D eigenvalue weighted by atomic mass is 16.2. The van der Waals surface area contributed by atoms with Crippen molar-refractivity contribution in [1.82, 2.24) is 5.32 Å². The molecule has 0 spiro atoms. The summed E-state index contributed by atoms with van der Waals surface area (Å²) in [6.07, 6.45) is 1.56. The lowest BCUT2D eigenvalue weighted by Crippen LogP contribution is -2.36. The van der Waals surface area contributed by atoms with E-state index in [9.17, 15) is 9.59 Å². The van der Waals surface area contributed by atoms with E-state index in [0.717, 1.165) is 5.69 Å². The Labute approximate surface area is 132 Å². The summed E-state index contributed by atoms with van der Waals surface area (Å²) in [6, 6.07) is 13.9. The molecule has 0 atom stereocenters. The van der Waals surface area contributed by atoms with Gasteiger partial charge in [-0.15, -0.1) is 0 Å². The number of nitrogens with two attached hydrogens (primary N) is 1. The van der Waals surface area contributed by atoms with Crippen LogP contribution in [-0.2, 0) is 4.79 Å². The first kappa shape index (κ1) is 14.5. The Morgan fingerprint density at radius 2 is 1.65 bits per heavy atom. The van der Waals surface area contributed by atoms with Gasteiger partial charge in [0.1, 0.15) is 5.84 Å². The smallest absolute Gasteiger partial charge is 0.260 e. The summed E-state index contributed by atoms with van der Waals surface area (Å²) >= 11 is 0. The van der Waals surface area contributed by atoms with E-state index in [1.54, 1.807) is 54.7 Å². The highest BCUT2D eigenvalue weighted by molar-refractivity contribution is 6.31. The van der Waals surface area contributed by atoms with Crippen LogP contribution in [0.3, 0.4) is 0 Å². The second-order valence-corrected chi connectivity index (χ2v) is 5.02. The molecule has 2 aromatic carbocycles. The number of nitrogen functional groups attached to an aromatic ring is 1. The molecule has 114 valence electrons. The molecule has 0 fully saturated rings. The van der Waals surface area contributed by atoms with Gasteiger partial charge in [0, 0.05) is 28.6 Å². The molecule has 6 heteroatoms. The predicted octanol–water partition coefficient (Wildman–Crippen LogP) is 1.69. The van der Waals surface area contributed by atoms with E-state index in [1.165, 1.54) is 0 Å².